The summed E-state index contributed by atoms with van der Waals surface area (Å²) < 4.78 is 15.8. The number of amides is 2. The van der Waals surface area contributed by atoms with Crippen molar-refractivity contribution in [2.45, 2.75) is 13.1 Å². The first kappa shape index (κ1) is 14.4. The van der Waals surface area contributed by atoms with Crippen molar-refractivity contribution in [3.05, 3.63) is 53.7 Å². The first-order chi connectivity index (χ1) is 11.8. The molecule has 1 aliphatic heterocycles. The van der Waals surface area contributed by atoms with Crippen molar-refractivity contribution < 1.29 is 18.8 Å². The standard InChI is InChI=1S/C17H15N3O4/c21-17(18-8-11-5-6-15-16(7-11)23-10-22-15)19-9-13-12-3-1-2-4-14(12)24-20-13/h1-7H,8-10H2,(H2,18,19,21). The molecule has 122 valence electrons. The number of hydrogen-bond donors (Lipinski definition) is 2. The van der Waals surface area contributed by atoms with Gasteiger partial charge >= 0.3 is 6.03 Å². The van der Waals surface area contributed by atoms with Gasteiger partial charge in [-0.15, -0.1) is 0 Å². The van der Waals surface area contributed by atoms with Gasteiger partial charge < -0.3 is 24.6 Å². The maximum atomic E-state index is 11.9. The molecule has 0 fully saturated rings. The Bertz CT molecular complexity index is 890. The van der Waals surface area contributed by atoms with Gasteiger partial charge in [-0.1, -0.05) is 23.4 Å². The molecule has 2 heterocycles. The number of carbonyl (C=O) groups excluding carboxylic acids is 1. The number of para-hydroxylation sites is 1. The number of hydrogen-bond acceptors (Lipinski definition) is 5. The van der Waals surface area contributed by atoms with E-state index >= 15 is 0 Å². The Morgan fingerprint density at radius 1 is 1.04 bits per heavy atom. The Hall–Kier alpha value is -3.22. The van der Waals surface area contributed by atoms with Crippen LogP contribution in [0.5, 0.6) is 11.5 Å². The predicted molar refractivity (Wildman–Crippen MR) is 85.6 cm³/mol. The molecule has 24 heavy (non-hydrogen) atoms. The Morgan fingerprint density at radius 3 is 2.83 bits per heavy atom. The fraction of sp³-hybridized carbons (Fsp3) is 0.176. The van der Waals surface area contributed by atoms with Gasteiger partial charge in [-0.2, -0.15) is 0 Å². The lowest BCUT2D eigenvalue weighted by Crippen LogP contribution is -2.34. The van der Waals surface area contributed by atoms with Crippen LogP contribution < -0.4 is 20.1 Å². The van der Waals surface area contributed by atoms with E-state index in [4.69, 9.17) is 14.0 Å². The van der Waals surface area contributed by atoms with Crippen LogP contribution in [0.1, 0.15) is 11.3 Å². The Balaban J connectivity index is 1.32. The van der Waals surface area contributed by atoms with E-state index in [1.54, 1.807) is 0 Å². The van der Waals surface area contributed by atoms with Crippen molar-refractivity contribution in [1.82, 2.24) is 15.8 Å². The van der Waals surface area contributed by atoms with Crippen LogP contribution in [0.25, 0.3) is 11.0 Å². The molecule has 4 rings (SSSR count). The Morgan fingerprint density at radius 2 is 1.88 bits per heavy atom. The lowest BCUT2D eigenvalue weighted by molar-refractivity contribution is 0.174. The number of rotatable bonds is 4. The summed E-state index contributed by atoms with van der Waals surface area (Å²) in [5.74, 6) is 1.42. The smallest absolute Gasteiger partial charge is 0.315 e. The van der Waals surface area contributed by atoms with Gasteiger partial charge in [-0.3, -0.25) is 0 Å². The molecule has 7 heteroatoms. The highest BCUT2D eigenvalue weighted by Gasteiger charge is 2.13. The van der Waals surface area contributed by atoms with Crippen molar-refractivity contribution >= 4 is 17.0 Å². The number of nitrogens with zero attached hydrogens (tertiary/aromatic N) is 1. The minimum absolute atomic E-state index is 0.234. The van der Waals surface area contributed by atoms with Crippen molar-refractivity contribution in [2.75, 3.05) is 6.79 Å². The van der Waals surface area contributed by atoms with Crippen LogP contribution in [-0.2, 0) is 13.1 Å². The van der Waals surface area contributed by atoms with E-state index in [0.717, 1.165) is 16.7 Å². The summed E-state index contributed by atoms with van der Waals surface area (Å²) in [6.45, 7) is 0.921. The van der Waals surface area contributed by atoms with Crippen molar-refractivity contribution in [1.29, 1.82) is 0 Å². The van der Waals surface area contributed by atoms with Gasteiger partial charge in [-0.25, -0.2) is 4.79 Å². The normalized spacial score (nSPS) is 12.3. The van der Waals surface area contributed by atoms with Crippen molar-refractivity contribution in [2.24, 2.45) is 0 Å². The zero-order chi connectivity index (χ0) is 16.4. The maximum absolute atomic E-state index is 11.9. The van der Waals surface area contributed by atoms with Crippen LogP contribution in [0.3, 0.4) is 0 Å². The van der Waals surface area contributed by atoms with E-state index in [2.05, 4.69) is 15.8 Å². The zero-order valence-electron chi connectivity index (χ0n) is 12.7. The summed E-state index contributed by atoms with van der Waals surface area (Å²) in [5, 5.41) is 10.4. The van der Waals surface area contributed by atoms with Gasteiger partial charge in [0.15, 0.2) is 17.1 Å². The van der Waals surface area contributed by atoms with Gasteiger partial charge in [0.2, 0.25) is 6.79 Å². The number of nitrogens with one attached hydrogen (secondary N) is 2. The molecule has 0 radical (unpaired) electrons. The molecule has 0 spiro atoms. The first-order valence-electron chi connectivity index (χ1n) is 7.53. The molecule has 3 aromatic rings. The molecule has 1 aliphatic rings. The van der Waals surface area contributed by atoms with E-state index in [-0.39, 0.29) is 12.8 Å². The van der Waals surface area contributed by atoms with Gasteiger partial charge in [0, 0.05) is 11.9 Å². The highest BCUT2D eigenvalue weighted by molar-refractivity contribution is 5.80. The SMILES string of the molecule is O=C(NCc1ccc2c(c1)OCO2)NCc1noc2ccccc12. The number of benzene rings is 2. The highest BCUT2D eigenvalue weighted by atomic mass is 16.7. The van der Waals surface area contributed by atoms with Crippen molar-refractivity contribution in [3.8, 4) is 11.5 Å². The molecule has 0 bridgehead atoms. The molecule has 0 unspecified atom stereocenters. The second-order valence-electron chi connectivity index (χ2n) is 5.35. The van der Waals surface area contributed by atoms with E-state index in [1.807, 2.05) is 42.5 Å². The molecule has 0 saturated heterocycles. The molecular formula is C17H15N3O4. The average Bonchev–Trinajstić information content (AvgIpc) is 3.24. The second kappa shape index (κ2) is 6.11. The Kier molecular flexibility index (Phi) is 3.66. The Labute approximate surface area is 137 Å². The van der Waals surface area contributed by atoms with Crippen LogP contribution in [0.15, 0.2) is 47.0 Å². The van der Waals surface area contributed by atoms with Crippen LogP contribution in [0.4, 0.5) is 4.79 Å². The minimum Gasteiger partial charge on any atom is -0.454 e. The number of aromatic nitrogens is 1. The zero-order valence-corrected chi connectivity index (χ0v) is 12.7. The molecule has 2 amide bonds. The quantitative estimate of drug-likeness (QED) is 0.770. The summed E-state index contributed by atoms with van der Waals surface area (Å²) >= 11 is 0. The van der Waals surface area contributed by atoms with Crippen LogP contribution >= 0.6 is 0 Å². The van der Waals surface area contributed by atoms with Gasteiger partial charge in [0.05, 0.1) is 6.54 Å². The number of carbonyl (C=O) groups is 1. The summed E-state index contributed by atoms with van der Waals surface area (Å²) in [4.78, 5) is 11.9. The number of urea groups is 1. The van der Waals surface area contributed by atoms with E-state index in [1.165, 1.54) is 0 Å². The van der Waals surface area contributed by atoms with Crippen LogP contribution in [0, 0.1) is 0 Å². The van der Waals surface area contributed by atoms with Gasteiger partial charge in [0.1, 0.15) is 5.69 Å². The third-order valence-corrected chi connectivity index (χ3v) is 3.76. The summed E-state index contributed by atoms with van der Waals surface area (Å²) in [5.41, 5.74) is 2.33. The summed E-state index contributed by atoms with van der Waals surface area (Å²) in [6, 6.07) is 12.8. The molecule has 1 aromatic heterocycles. The minimum atomic E-state index is -0.278. The second-order valence-corrected chi connectivity index (χ2v) is 5.35. The third-order valence-electron chi connectivity index (χ3n) is 3.76. The van der Waals surface area contributed by atoms with E-state index in [9.17, 15) is 4.79 Å². The topological polar surface area (TPSA) is 85.6 Å². The molecule has 7 nitrogen and oxygen atoms in total. The lowest BCUT2D eigenvalue weighted by Gasteiger charge is -2.07. The average molecular weight is 325 g/mol. The van der Waals surface area contributed by atoms with Gasteiger partial charge in [0.25, 0.3) is 0 Å². The van der Waals surface area contributed by atoms with Crippen LogP contribution in [0.2, 0.25) is 0 Å². The number of fused-ring (bicyclic) bond motifs is 2. The molecule has 0 saturated carbocycles. The highest BCUT2D eigenvalue weighted by Crippen LogP contribution is 2.32. The van der Waals surface area contributed by atoms with E-state index in [0.29, 0.717) is 30.1 Å². The third kappa shape index (κ3) is 2.83. The van der Waals surface area contributed by atoms with Crippen molar-refractivity contribution in [3.63, 3.8) is 0 Å². The molecular weight excluding hydrogens is 310 g/mol. The summed E-state index contributed by atoms with van der Waals surface area (Å²) in [7, 11) is 0. The molecule has 0 atom stereocenters. The van der Waals surface area contributed by atoms with Crippen LogP contribution in [-0.4, -0.2) is 18.0 Å². The molecule has 0 aliphatic carbocycles. The monoisotopic (exact) mass is 325 g/mol. The fourth-order valence-corrected chi connectivity index (χ4v) is 2.53. The summed E-state index contributed by atoms with van der Waals surface area (Å²) in [6.07, 6.45) is 0. The largest absolute Gasteiger partial charge is 0.454 e. The number of ether oxygens (including phenoxy) is 2. The molecule has 2 aromatic carbocycles. The molecule has 2 N–H and O–H groups in total. The van der Waals surface area contributed by atoms with E-state index < -0.39 is 0 Å². The first-order valence-corrected chi connectivity index (χ1v) is 7.53. The maximum Gasteiger partial charge on any atom is 0.315 e. The van der Waals surface area contributed by atoms with Gasteiger partial charge in [-0.05, 0) is 29.8 Å². The fourth-order valence-electron chi connectivity index (χ4n) is 2.53. The predicted octanol–water partition coefficient (Wildman–Crippen LogP) is 2.56. The lowest BCUT2D eigenvalue weighted by atomic mass is 10.2.